The molecule has 0 saturated carbocycles. The van der Waals surface area contributed by atoms with Crippen molar-refractivity contribution < 1.29 is 14.3 Å². The normalized spacial score (nSPS) is 11.0. The van der Waals surface area contributed by atoms with Crippen molar-refractivity contribution in [1.82, 2.24) is 9.78 Å². The third-order valence-corrected chi connectivity index (χ3v) is 9.40. The Morgan fingerprint density at radius 1 is 0.706 bits per heavy atom. The third-order valence-electron chi connectivity index (χ3n) is 8.29. The van der Waals surface area contributed by atoms with Crippen LogP contribution in [0.25, 0.3) is 5.69 Å². The first-order valence-corrected chi connectivity index (χ1v) is 19.1. The average Bonchev–Trinajstić information content (AvgIpc) is 3.37. The van der Waals surface area contributed by atoms with Gasteiger partial charge in [-0.2, -0.15) is 0 Å². The summed E-state index contributed by atoms with van der Waals surface area (Å²) < 4.78 is 6.52. The van der Waals surface area contributed by atoms with E-state index in [-0.39, 0.29) is 43.3 Å². The maximum atomic E-state index is 13.6. The van der Waals surface area contributed by atoms with Crippen molar-refractivity contribution in [2.45, 2.75) is 96.8 Å². The van der Waals surface area contributed by atoms with E-state index in [4.69, 9.17) is 51.1 Å². The fourth-order valence-electron chi connectivity index (χ4n) is 5.62. The number of nitrogens with zero attached hydrogens (tertiary/aromatic N) is 1. The number of aromatic amines is 1. The molecule has 1 heterocycles. The summed E-state index contributed by atoms with van der Waals surface area (Å²) in [5.74, 6) is -0.476. The summed E-state index contributed by atoms with van der Waals surface area (Å²) in [5, 5.41) is 12.0. The van der Waals surface area contributed by atoms with Crippen molar-refractivity contribution >= 4 is 81.3 Å². The monoisotopic (exact) mass is 775 g/mol. The van der Waals surface area contributed by atoms with E-state index in [1.807, 2.05) is 0 Å². The van der Waals surface area contributed by atoms with Gasteiger partial charge in [0.2, 0.25) is 11.7 Å². The zero-order valence-corrected chi connectivity index (χ0v) is 31.8. The number of amides is 2. The van der Waals surface area contributed by atoms with Crippen LogP contribution >= 0.6 is 46.4 Å². The van der Waals surface area contributed by atoms with Crippen molar-refractivity contribution in [2.24, 2.45) is 0 Å². The third kappa shape index (κ3) is 12.8. The SMILES string of the molecule is CCCCCCCCCCCCCCCC(=O)Nc1ccc(Nc2[nH]n(-c3c(Cl)cc(Cl)cc3Cl)c(=O)c2OC(=O)Nc2ccccc2)c(Cl)c1. The number of H-pyrrole nitrogens is 1. The summed E-state index contributed by atoms with van der Waals surface area (Å²) >= 11 is 25.5. The largest absolute Gasteiger partial charge is 0.417 e. The second-order valence-electron chi connectivity index (χ2n) is 12.4. The molecule has 0 aliphatic carbocycles. The van der Waals surface area contributed by atoms with Crippen LogP contribution in [0.1, 0.15) is 96.8 Å². The van der Waals surface area contributed by atoms with E-state index in [0.29, 0.717) is 23.5 Å². The molecular formula is C38H45Cl4N5O4. The number of anilines is 4. The van der Waals surface area contributed by atoms with Gasteiger partial charge in [0, 0.05) is 22.8 Å². The molecule has 1 aromatic heterocycles. The lowest BCUT2D eigenvalue weighted by molar-refractivity contribution is -0.116. The second-order valence-corrected chi connectivity index (χ2v) is 14.1. The number of hydrogen-bond donors (Lipinski definition) is 4. The number of halogens is 4. The van der Waals surface area contributed by atoms with Gasteiger partial charge in [0.25, 0.3) is 0 Å². The molecule has 4 aromatic rings. The fraction of sp³-hybridized carbons (Fsp3) is 0.395. The number of benzene rings is 3. The molecule has 274 valence electrons. The predicted molar refractivity (Wildman–Crippen MR) is 211 cm³/mol. The van der Waals surface area contributed by atoms with Crippen LogP contribution in [0.15, 0.2) is 65.5 Å². The number of unbranched alkanes of at least 4 members (excludes halogenated alkanes) is 12. The molecule has 4 rings (SSSR count). The Bertz CT molecular complexity index is 1770. The molecule has 9 nitrogen and oxygen atoms in total. The van der Waals surface area contributed by atoms with Gasteiger partial charge in [-0.1, -0.05) is 149 Å². The Hall–Kier alpha value is -3.63. The summed E-state index contributed by atoms with van der Waals surface area (Å²) in [6.45, 7) is 2.25. The van der Waals surface area contributed by atoms with Crippen molar-refractivity contribution in [3.8, 4) is 11.4 Å². The molecule has 0 saturated heterocycles. The van der Waals surface area contributed by atoms with Crippen LogP contribution in [0.3, 0.4) is 0 Å². The molecule has 0 unspecified atom stereocenters. The molecule has 0 aliphatic rings. The van der Waals surface area contributed by atoms with Crippen LogP contribution in [-0.2, 0) is 4.79 Å². The Morgan fingerprint density at radius 2 is 1.29 bits per heavy atom. The van der Waals surface area contributed by atoms with E-state index in [2.05, 4.69) is 28.0 Å². The summed E-state index contributed by atoms with van der Waals surface area (Å²) in [6.07, 6.45) is 15.7. The molecule has 0 spiro atoms. The summed E-state index contributed by atoms with van der Waals surface area (Å²) in [5.41, 5.74) is 0.684. The number of ether oxygens (including phenoxy) is 1. The number of hydrogen-bond acceptors (Lipinski definition) is 5. The van der Waals surface area contributed by atoms with Crippen LogP contribution in [0, 0.1) is 0 Å². The molecule has 0 radical (unpaired) electrons. The van der Waals surface area contributed by atoms with Gasteiger partial charge in [-0.3, -0.25) is 20.0 Å². The van der Waals surface area contributed by atoms with Gasteiger partial charge >= 0.3 is 11.7 Å². The molecular weight excluding hydrogens is 732 g/mol. The van der Waals surface area contributed by atoms with Gasteiger partial charge in [-0.25, -0.2) is 9.48 Å². The highest BCUT2D eigenvalue weighted by Gasteiger charge is 2.24. The van der Waals surface area contributed by atoms with Gasteiger partial charge in [0.1, 0.15) is 5.69 Å². The number of nitrogens with one attached hydrogen (secondary N) is 4. The first kappa shape index (κ1) is 40.1. The molecule has 2 amide bonds. The van der Waals surface area contributed by atoms with E-state index >= 15 is 0 Å². The minimum absolute atomic E-state index is 0.00797. The first-order chi connectivity index (χ1) is 24.7. The maximum absolute atomic E-state index is 13.6. The van der Waals surface area contributed by atoms with Gasteiger partial charge in [0.05, 0.1) is 20.8 Å². The number of para-hydroxylation sites is 1. The van der Waals surface area contributed by atoms with Crippen LogP contribution in [0.5, 0.6) is 5.75 Å². The van der Waals surface area contributed by atoms with Crippen LogP contribution in [-0.4, -0.2) is 21.8 Å². The number of carbonyl (C=O) groups excluding carboxylic acids is 2. The highest BCUT2D eigenvalue weighted by atomic mass is 35.5. The minimum atomic E-state index is -0.909. The summed E-state index contributed by atoms with van der Waals surface area (Å²) in [7, 11) is 0. The van der Waals surface area contributed by atoms with E-state index in [9.17, 15) is 14.4 Å². The number of carbonyl (C=O) groups is 2. The highest BCUT2D eigenvalue weighted by molar-refractivity contribution is 6.40. The van der Waals surface area contributed by atoms with Gasteiger partial charge in [-0.15, -0.1) is 0 Å². The lowest BCUT2D eigenvalue weighted by Gasteiger charge is -2.11. The molecule has 3 aromatic carbocycles. The zero-order chi connectivity index (χ0) is 36.6. The van der Waals surface area contributed by atoms with Crippen molar-refractivity contribution in [3.05, 3.63) is 91.1 Å². The van der Waals surface area contributed by atoms with E-state index in [1.165, 1.54) is 76.3 Å². The lowest BCUT2D eigenvalue weighted by atomic mass is 10.0. The van der Waals surface area contributed by atoms with Crippen molar-refractivity contribution in [1.29, 1.82) is 0 Å². The Morgan fingerprint density at radius 3 is 1.88 bits per heavy atom. The summed E-state index contributed by atoms with van der Waals surface area (Å²) in [6, 6.07) is 16.4. The quantitative estimate of drug-likeness (QED) is 0.0667. The molecule has 4 N–H and O–H groups in total. The smallest absolute Gasteiger partial charge is 0.400 e. The average molecular weight is 778 g/mol. The van der Waals surface area contributed by atoms with Crippen LogP contribution < -0.4 is 26.2 Å². The van der Waals surface area contributed by atoms with Gasteiger partial charge in [-0.05, 0) is 48.9 Å². The maximum Gasteiger partial charge on any atom is 0.417 e. The fourth-order valence-corrected chi connectivity index (χ4v) is 6.83. The Kier molecular flexibility index (Phi) is 16.6. The zero-order valence-electron chi connectivity index (χ0n) is 28.8. The van der Waals surface area contributed by atoms with Crippen LogP contribution in [0.2, 0.25) is 20.1 Å². The summed E-state index contributed by atoms with van der Waals surface area (Å²) in [4.78, 5) is 39.1. The Balaban J connectivity index is 1.34. The molecule has 51 heavy (non-hydrogen) atoms. The van der Waals surface area contributed by atoms with Gasteiger partial charge in [0.15, 0.2) is 5.82 Å². The van der Waals surface area contributed by atoms with Crippen LogP contribution in [0.4, 0.5) is 27.7 Å². The number of rotatable bonds is 20. The lowest BCUT2D eigenvalue weighted by Crippen LogP contribution is -2.22. The van der Waals surface area contributed by atoms with E-state index in [1.54, 1.807) is 48.5 Å². The van der Waals surface area contributed by atoms with Crippen molar-refractivity contribution in [3.63, 3.8) is 0 Å². The molecule has 0 bridgehead atoms. The topological polar surface area (TPSA) is 117 Å². The van der Waals surface area contributed by atoms with Crippen molar-refractivity contribution in [2.75, 3.05) is 16.0 Å². The Labute approximate surface area is 319 Å². The predicted octanol–water partition coefficient (Wildman–Crippen LogP) is 12.6. The molecule has 0 fully saturated rings. The number of aromatic nitrogens is 2. The van der Waals surface area contributed by atoms with E-state index < -0.39 is 11.7 Å². The van der Waals surface area contributed by atoms with E-state index in [0.717, 1.165) is 23.9 Å². The van der Waals surface area contributed by atoms with Gasteiger partial charge < -0.3 is 15.4 Å². The molecule has 13 heteroatoms. The second kappa shape index (κ2) is 21.0. The highest BCUT2D eigenvalue weighted by Crippen LogP contribution is 2.35. The first-order valence-electron chi connectivity index (χ1n) is 17.6. The molecule has 0 atom stereocenters. The minimum Gasteiger partial charge on any atom is -0.400 e. The standard InChI is InChI=1S/C38H45Cl4N5O4/c1-2-3-4-5-6-7-8-9-10-11-12-13-17-20-33(48)43-28-21-22-32(29(40)25-28)45-36-35(51-38(50)44-27-18-15-14-16-19-27)37(49)47(46-36)34-30(41)23-26(39)24-31(34)42/h14-16,18-19,21-25,45-46H,2-13,17,20H2,1H3,(H,43,48)(H,44,50). The molecule has 0 aliphatic heterocycles.